The minimum Gasteiger partial charge on any atom is -0.368 e. The molecule has 6 atom stereocenters. The summed E-state index contributed by atoms with van der Waals surface area (Å²) in [6, 6.07) is 30.0. The third kappa shape index (κ3) is 5.39. The van der Waals surface area contributed by atoms with Gasteiger partial charge in [-0.3, -0.25) is 0 Å². The Morgan fingerprint density at radius 2 is 1.26 bits per heavy atom. The van der Waals surface area contributed by atoms with Gasteiger partial charge in [-0.05, 0) is 11.1 Å². The normalized spacial score (nSPS) is 28.9. The number of fused-ring (bicyclic) bond motifs is 1. The molecule has 0 saturated carbocycles. The van der Waals surface area contributed by atoms with Crippen molar-refractivity contribution in [3.8, 4) is 0 Å². The smallest absolute Gasteiger partial charge is 0.186 e. The molecule has 0 radical (unpaired) electrons. The molecule has 0 N–H and O–H groups in total. The molecule has 0 aromatic heterocycles. The Labute approximate surface area is 200 Å². The van der Waals surface area contributed by atoms with Crippen LogP contribution in [0.2, 0.25) is 0 Å². The van der Waals surface area contributed by atoms with E-state index in [1.54, 1.807) is 7.11 Å². The van der Waals surface area contributed by atoms with Crippen LogP contribution in [0.4, 0.5) is 0 Å². The molecule has 2 aliphatic rings. The summed E-state index contributed by atoms with van der Waals surface area (Å²) in [7, 11) is 1.62. The van der Waals surface area contributed by atoms with E-state index in [9.17, 15) is 0 Å². The Kier molecular flexibility index (Phi) is 7.65. The standard InChI is InChI=1S/C28H30O6/c1-29-28-26(31-18-21-13-7-3-8-14-21)25(30-17-20-11-5-2-6-12-20)24-23(33-28)19-32-27(34-24)22-15-9-4-10-16-22/h2-16,23-28H,17-19H2,1H3/t23-,24+,25-,26+,27+,28-/m1/s1. The van der Waals surface area contributed by atoms with Gasteiger partial charge in [0.25, 0.3) is 0 Å². The van der Waals surface area contributed by atoms with Gasteiger partial charge in [-0.1, -0.05) is 91.0 Å². The molecule has 34 heavy (non-hydrogen) atoms. The van der Waals surface area contributed by atoms with Crippen LogP contribution in [-0.2, 0) is 41.6 Å². The predicted molar refractivity (Wildman–Crippen MR) is 126 cm³/mol. The van der Waals surface area contributed by atoms with Crippen molar-refractivity contribution in [3.63, 3.8) is 0 Å². The van der Waals surface area contributed by atoms with E-state index in [2.05, 4.69) is 0 Å². The lowest BCUT2D eigenvalue weighted by atomic mass is 9.97. The van der Waals surface area contributed by atoms with Crippen molar-refractivity contribution < 1.29 is 28.4 Å². The molecule has 0 aliphatic carbocycles. The van der Waals surface area contributed by atoms with E-state index in [0.29, 0.717) is 19.8 Å². The fourth-order valence-electron chi connectivity index (χ4n) is 4.42. The second kappa shape index (κ2) is 11.2. The molecule has 178 valence electrons. The lowest BCUT2D eigenvalue weighted by Gasteiger charge is -2.48. The summed E-state index contributed by atoms with van der Waals surface area (Å²) < 4.78 is 37.2. The summed E-state index contributed by atoms with van der Waals surface area (Å²) in [5.74, 6) is 0. The van der Waals surface area contributed by atoms with Gasteiger partial charge in [-0.25, -0.2) is 0 Å². The van der Waals surface area contributed by atoms with E-state index < -0.39 is 24.8 Å². The molecule has 5 rings (SSSR count). The maximum Gasteiger partial charge on any atom is 0.186 e. The maximum atomic E-state index is 6.49. The first-order valence-corrected chi connectivity index (χ1v) is 11.6. The largest absolute Gasteiger partial charge is 0.368 e. The van der Waals surface area contributed by atoms with Crippen LogP contribution in [0.25, 0.3) is 0 Å². The minimum absolute atomic E-state index is 0.331. The molecule has 2 fully saturated rings. The fourth-order valence-corrected chi connectivity index (χ4v) is 4.42. The molecular weight excluding hydrogens is 432 g/mol. The van der Waals surface area contributed by atoms with Crippen molar-refractivity contribution in [1.29, 1.82) is 0 Å². The van der Waals surface area contributed by atoms with E-state index >= 15 is 0 Å². The molecule has 0 spiro atoms. The lowest BCUT2D eigenvalue weighted by molar-refractivity contribution is -0.369. The van der Waals surface area contributed by atoms with Crippen LogP contribution in [0, 0.1) is 0 Å². The van der Waals surface area contributed by atoms with Crippen LogP contribution in [0.5, 0.6) is 0 Å². The van der Waals surface area contributed by atoms with Gasteiger partial charge in [0, 0.05) is 12.7 Å². The van der Waals surface area contributed by atoms with E-state index in [1.165, 1.54) is 0 Å². The zero-order valence-electron chi connectivity index (χ0n) is 19.2. The van der Waals surface area contributed by atoms with Gasteiger partial charge < -0.3 is 28.4 Å². The molecule has 2 aliphatic heterocycles. The van der Waals surface area contributed by atoms with Gasteiger partial charge in [0.05, 0.1) is 19.8 Å². The summed E-state index contributed by atoms with van der Waals surface area (Å²) in [5, 5.41) is 0. The maximum absolute atomic E-state index is 6.49. The molecule has 0 bridgehead atoms. The van der Waals surface area contributed by atoms with Crippen LogP contribution in [0.3, 0.4) is 0 Å². The van der Waals surface area contributed by atoms with Crippen LogP contribution >= 0.6 is 0 Å². The van der Waals surface area contributed by atoms with Crippen molar-refractivity contribution in [1.82, 2.24) is 0 Å². The number of rotatable bonds is 8. The van der Waals surface area contributed by atoms with Crippen LogP contribution in [0.15, 0.2) is 91.0 Å². The summed E-state index contributed by atoms with van der Waals surface area (Å²) in [4.78, 5) is 0. The van der Waals surface area contributed by atoms with Gasteiger partial charge in [-0.2, -0.15) is 0 Å². The summed E-state index contributed by atoms with van der Waals surface area (Å²) >= 11 is 0. The Balaban J connectivity index is 1.39. The van der Waals surface area contributed by atoms with Crippen molar-refractivity contribution >= 4 is 0 Å². The highest BCUT2D eigenvalue weighted by Crippen LogP contribution is 2.37. The highest BCUT2D eigenvalue weighted by Gasteiger charge is 2.51. The van der Waals surface area contributed by atoms with E-state index in [-0.39, 0.29) is 12.2 Å². The lowest BCUT2D eigenvalue weighted by Crippen LogP contribution is -2.63. The van der Waals surface area contributed by atoms with E-state index in [1.807, 2.05) is 91.0 Å². The molecule has 3 aromatic rings. The number of hydrogen-bond donors (Lipinski definition) is 0. The molecule has 0 amide bonds. The van der Waals surface area contributed by atoms with Gasteiger partial charge >= 0.3 is 0 Å². The Morgan fingerprint density at radius 3 is 1.85 bits per heavy atom. The second-order valence-electron chi connectivity index (χ2n) is 8.48. The SMILES string of the molecule is CO[C@@H]1O[C@@H]2CO[C@H](c3ccccc3)O[C@@H]2[C@@H](OCc2ccccc2)[C@@H]1OCc1ccccc1. The molecule has 3 aromatic carbocycles. The van der Waals surface area contributed by atoms with Crippen molar-refractivity contribution in [2.45, 2.75) is 50.2 Å². The number of methoxy groups -OCH3 is 1. The van der Waals surface area contributed by atoms with Gasteiger partial charge in [-0.15, -0.1) is 0 Å². The van der Waals surface area contributed by atoms with E-state index in [0.717, 1.165) is 16.7 Å². The topological polar surface area (TPSA) is 55.4 Å². The van der Waals surface area contributed by atoms with Crippen LogP contribution in [0.1, 0.15) is 23.0 Å². The molecule has 0 unspecified atom stereocenters. The van der Waals surface area contributed by atoms with Crippen LogP contribution < -0.4 is 0 Å². The fraction of sp³-hybridized carbons (Fsp3) is 0.357. The number of benzene rings is 3. The monoisotopic (exact) mass is 462 g/mol. The second-order valence-corrected chi connectivity index (χ2v) is 8.48. The Bertz CT molecular complexity index is 993. The summed E-state index contributed by atoms with van der Waals surface area (Å²) in [6.45, 7) is 1.22. The first-order valence-electron chi connectivity index (χ1n) is 11.6. The average Bonchev–Trinajstić information content (AvgIpc) is 2.91. The quantitative estimate of drug-likeness (QED) is 0.486. The van der Waals surface area contributed by atoms with E-state index in [4.69, 9.17) is 28.4 Å². The number of ether oxygens (including phenoxy) is 6. The molecular formula is C28H30O6. The third-order valence-electron chi connectivity index (χ3n) is 6.16. The minimum atomic E-state index is -0.605. The average molecular weight is 463 g/mol. The molecule has 6 nitrogen and oxygen atoms in total. The third-order valence-corrected chi connectivity index (χ3v) is 6.16. The molecule has 2 saturated heterocycles. The van der Waals surface area contributed by atoms with Crippen molar-refractivity contribution in [2.24, 2.45) is 0 Å². The zero-order chi connectivity index (χ0) is 23.2. The molecule has 6 heteroatoms. The van der Waals surface area contributed by atoms with Gasteiger partial charge in [0.1, 0.15) is 24.4 Å². The predicted octanol–water partition coefficient (Wildman–Crippen LogP) is 4.64. The first-order chi connectivity index (χ1) is 16.8. The Morgan fingerprint density at radius 1 is 0.706 bits per heavy atom. The highest BCUT2D eigenvalue weighted by atomic mass is 16.8. The Hall–Kier alpha value is -2.58. The van der Waals surface area contributed by atoms with Gasteiger partial charge in [0.2, 0.25) is 0 Å². The van der Waals surface area contributed by atoms with Gasteiger partial charge in [0.15, 0.2) is 12.6 Å². The summed E-state index contributed by atoms with van der Waals surface area (Å²) in [6.07, 6.45) is -2.71. The summed E-state index contributed by atoms with van der Waals surface area (Å²) in [5.41, 5.74) is 3.10. The number of hydrogen-bond acceptors (Lipinski definition) is 6. The highest BCUT2D eigenvalue weighted by molar-refractivity contribution is 5.17. The van der Waals surface area contributed by atoms with Crippen LogP contribution in [-0.4, -0.2) is 44.4 Å². The van der Waals surface area contributed by atoms with Crippen molar-refractivity contribution in [2.75, 3.05) is 13.7 Å². The first kappa shape index (κ1) is 23.2. The van der Waals surface area contributed by atoms with Crippen molar-refractivity contribution in [3.05, 3.63) is 108 Å². The molecule has 2 heterocycles. The zero-order valence-corrected chi connectivity index (χ0v) is 19.2.